The molecule has 0 spiro atoms. The lowest BCUT2D eigenvalue weighted by atomic mass is 10.1. The summed E-state index contributed by atoms with van der Waals surface area (Å²) in [5, 5.41) is 3.32. The lowest BCUT2D eigenvalue weighted by Crippen LogP contribution is -2.45. The first kappa shape index (κ1) is 19.3. The molecular weight excluding hydrogens is 390 g/mol. The van der Waals surface area contributed by atoms with Gasteiger partial charge in [0.1, 0.15) is 17.4 Å². The number of esters is 1. The number of aromatic nitrogens is 2. The molecule has 29 heavy (non-hydrogen) atoms. The number of thiophene rings is 1. The zero-order valence-electron chi connectivity index (χ0n) is 16.0. The van der Waals surface area contributed by atoms with Crippen molar-refractivity contribution in [1.82, 2.24) is 14.9 Å². The standard InChI is InChI=1S/C21H21N3O4S/c1-28-21(27)15(10-13-6-3-2-4-7-13)23-17(25)11-24-12-22-19-18(20(24)26)14-8-5-9-16(14)29-19/h2-4,6-7,12,15H,5,8-11H2,1H3,(H,23,25)/t15-/m1/s1. The minimum atomic E-state index is -0.826. The zero-order valence-corrected chi connectivity index (χ0v) is 16.8. The summed E-state index contributed by atoms with van der Waals surface area (Å²) in [4.78, 5) is 43.9. The molecule has 8 heteroatoms. The van der Waals surface area contributed by atoms with E-state index in [1.807, 2.05) is 30.3 Å². The van der Waals surface area contributed by atoms with Crippen molar-refractivity contribution in [3.8, 4) is 0 Å². The van der Waals surface area contributed by atoms with E-state index in [2.05, 4.69) is 10.3 Å². The van der Waals surface area contributed by atoms with Crippen LogP contribution < -0.4 is 10.9 Å². The van der Waals surface area contributed by atoms with Gasteiger partial charge in [-0.25, -0.2) is 9.78 Å². The Bertz CT molecular complexity index is 1120. The maximum atomic E-state index is 12.9. The molecule has 0 aliphatic heterocycles. The van der Waals surface area contributed by atoms with Crippen molar-refractivity contribution in [2.75, 3.05) is 7.11 Å². The Morgan fingerprint density at radius 1 is 1.28 bits per heavy atom. The minimum absolute atomic E-state index is 0.200. The van der Waals surface area contributed by atoms with E-state index in [4.69, 9.17) is 4.74 Å². The van der Waals surface area contributed by atoms with Crippen LogP contribution in [-0.4, -0.2) is 34.6 Å². The second-order valence-electron chi connectivity index (χ2n) is 7.05. The molecular formula is C21H21N3O4S. The van der Waals surface area contributed by atoms with E-state index in [1.165, 1.54) is 22.9 Å². The monoisotopic (exact) mass is 411 g/mol. The number of rotatable bonds is 6. The third-order valence-corrected chi connectivity index (χ3v) is 6.31. The molecule has 1 aliphatic carbocycles. The SMILES string of the molecule is COC(=O)[C@@H](Cc1ccccc1)NC(=O)Cn1cnc2sc3c(c2c1=O)CCC3. The molecule has 1 aromatic carbocycles. The van der Waals surface area contributed by atoms with Gasteiger partial charge in [-0.1, -0.05) is 30.3 Å². The van der Waals surface area contributed by atoms with Crippen LogP contribution in [0.1, 0.15) is 22.4 Å². The van der Waals surface area contributed by atoms with Gasteiger partial charge in [0, 0.05) is 11.3 Å². The number of fused-ring (bicyclic) bond motifs is 3. The molecule has 4 rings (SSSR count). The summed E-state index contributed by atoms with van der Waals surface area (Å²) in [5.41, 5.74) is 1.77. The Hall–Kier alpha value is -3.00. The molecule has 0 saturated heterocycles. The second kappa shape index (κ2) is 8.16. The first-order valence-electron chi connectivity index (χ1n) is 9.47. The average molecular weight is 411 g/mol. The number of hydrogen-bond acceptors (Lipinski definition) is 6. The van der Waals surface area contributed by atoms with Crippen molar-refractivity contribution >= 4 is 33.4 Å². The molecule has 1 N–H and O–H groups in total. The van der Waals surface area contributed by atoms with Crippen LogP contribution in [0.5, 0.6) is 0 Å². The Morgan fingerprint density at radius 2 is 2.07 bits per heavy atom. The predicted molar refractivity (Wildman–Crippen MR) is 110 cm³/mol. The molecule has 0 unspecified atom stereocenters. The van der Waals surface area contributed by atoms with Crippen molar-refractivity contribution in [1.29, 1.82) is 0 Å². The fourth-order valence-electron chi connectivity index (χ4n) is 3.71. The van der Waals surface area contributed by atoms with Crippen LogP contribution in [0, 0.1) is 0 Å². The van der Waals surface area contributed by atoms with Crippen molar-refractivity contribution in [3.63, 3.8) is 0 Å². The molecule has 1 atom stereocenters. The molecule has 2 aromatic heterocycles. The van der Waals surface area contributed by atoms with Gasteiger partial charge >= 0.3 is 5.97 Å². The first-order valence-corrected chi connectivity index (χ1v) is 10.3. The number of nitrogens with one attached hydrogen (secondary N) is 1. The lowest BCUT2D eigenvalue weighted by molar-refractivity contribution is -0.145. The number of carbonyl (C=O) groups excluding carboxylic acids is 2. The van der Waals surface area contributed by atoms with E-state index in [9.17, 15) is 14.4 Å². The number of aryl methyl sites for hydroxylation is 2. The second-order valence-corrected chi connectivity index (χ2v) is 8.13. The van der Waals surface area contributed by atoms with E-state index in [0.29, 0.717) is 11.8 Å². The van der Waals surface area contributed by atoms with E-state index in [-0.39, 0.29) is 12.1 Å². The summed E-state index contributed by atoms with van der Waals surface area (Å²) in [6, 6.07) is 8.54. The largest absolute Gasteiger partial charge is 0.467 e. The number of carbonyl (C=O) groups is 2. The third kappa shape index (κ3) is 3.93. The smallest absolute Gasteiger partial charge is 0.328 e. The fraction of sp³-hybridized carbons (Fsp3) is 0.333. The number of hydrogen-bond donors (Lipinski definition) is 1. The summed E-state index contributed by atoms with van der Waals surface area (Å²) in [6.45, 7) is -0.200. The summed E-state index contributed by atoms with van der Waals surface area (Å²) >= 11 is 1.56. The molecule has 150 valence electrons. The molecule has 7 nitrogen and oxygen atoms in total. The number of nitrogens with zero attached hydrogens (tertiary/aromatic N) is 2. The number of methoxy groups -OCH3 is 1. The van der Waals surface area contributed by atoms with Crippen molar-refractivity contribution in [2.24, 2.45) is 0 Å². The van der Waals surface area contributed by atoms with E-state index < -0.39 is 17.9 Å². The van der Waals surface area contributed by atoms with Crippen LogP contribution in [0.15, 0.2) is 41.5 Å². The number of amides is 1. The van der Waals surface area contributed by atoms with E-state index in [0.717, 1.165) is 35.2 Å². The molecule has 3 aromatic rings. The highest BCUT2D eigenvalue weighted by atomic mass is 32.1. The number of ether oxygens (including phenoxy) is 1. The maximum absolute atomic E-state index is 12.9. The van der Waals surface area contributed by atoms with E-state index in [1.54, 1.807) is 11.3 Å². The van der Waals surface area contributed by atoms with Gasteiger partial charge in [-0.15, -0.1) is 11.3 Å². The van der Waals surface area contributed by atoms with Crippen LogP contribution >= 0.6 is 11.3 Å². The summed E-state index contributed by atoms with van der Waals surface area (Å²) in [7, 11) is 1.28. The molecule has 2 heterocycles. The molecule has 1 aliphatic rings. The third-order valence-electron chi connectivity index (χ3n) is 5.11. The topological polar surface area (TPSA) is 90.3 Å². The fourth-order valence-corrected chi connectivity index (χ4v) is 4.93. The first-order chi connectivity index (χ1) is 14.1. The van der Waals surface area contributed by atoms with Gasteiger partial charge in [-0.3, -0.25) is 14.2 Å². The molecule has 0 saturated carbocycles. The van der Waals surface area contributed by atoms with Gasteiger partial charge in [0.2, 0.25) is 5.91 Å². The van der Waals surface area contributed by atoms with Crippen LogP contribution in [0.4, 0.5) is 0 Å². The average Bonchev–Trinajstić information content (AvgIpc) is 3.31. The van der Waals surface area contributed by atoms with Gasteiger partial charge in [-0.2, -0.15) is 0 Å². The Balaban J connectivity index is 1.53. The molecule has 1 amide bonds. The van der Waals surface area contributed by atoms with Gasteiger partial charge < -0.3 is 10.1 Å². The van der Waals surface area contributed by atoms with Gasteiger partial charge in [0.05, 0.1) is 18.8 Å². The predicted octanol–water partition coefficient (Wildman–Crippen LogP) is 1.85. The van der Waals surface area contributed by atoms with Crippen LogP contribution in [0.25, 0.3) is 10.2 Å². The minimum Gasteiger partial charge on any atom is -0.467 e. The van der Waals surface area contributed by atoms with Gasteiger partial charge in [0.25, 0.3) is 5.56 Å². The van der Waals surface area contributed by atoms with Crippen LogP contribution in [0.2, 0.25) is 0 Å². The van der Waals surface area contributed by atoms with Crippen molar-refractivity contribution in [3.05, 3.63) is 63.0 Å². The zero-order chi connectivity index (χ0) is 20.4. The number of benzene rings is 1. The highest BCUT2D eigenvalue weighted by Crippen LogP contribution is 2.34. The quantitative estimate of drug-likeness (QED) is 0.625. The maximum Gasteiger partial charge on any atom is 0.328 e. The Labute approximate surface area is 171 Å². The van der Waals surface area contributed by atoms with Crippen LogP contribution in [0.3, 0.4) is 0 Å². The molecule has 0 fully saturated rings. The normalized spacial score (nSPS) is 13.8. The van der Waals surface area contributed by atoms with Gasteiger partial charge in [-0.05, 0) is 30.4 Å². The van der Waals surface area contributed by atoms with Gasteiger partial charge in [0.15, 0.2) is 0 Å². The highest BCUT2D eigenvalue weighted by Gasteiger charge is 2.24. The molecule has 0 bridgehead atoms. The Morgan fingerprint density at radius 3 is 2.83 bits per heavy atom. The summed E-state index contributed by atoms with van der Waals surface area (Å²) in [5.74, 6) is -0.967. The van der Waals surface area contributed by atoms with Crippen molar-refractivity contribution < 1.29 is 14.3 Å². The van der Waals surface area contributed by atoms with Crippen LogP contribution in [-0.2, 0) is 40.1 Å². The summed E-state index contributed by atoms with van der Waals surface area (Å²) in [6.07, 6.45) is 4.62. The van der Waals surface area contributed by atoms with Crippen molar-refractivity contribution in [2.45, 2.75) is 38.3 Å². The lowest BCUT2D eigenvalue weighted by Gasteiger charge is -2.17. The van der Waals surface area contributed by atoms with E-state index >= 15 is 0 Å². The summed E-state index contributed by atoms with van der Waals surface area (Å²) < 4.78 is 6.13. The Kier molecular flexibility index (Phi) is 5.44. The highest BCUT2D eigenvalue weighted by molar-refractivity contribution is 7.18. The molecule has 0 radical (unpaired) electrons.